The van der Waals surface area contributed by atoms with Gasteiger partial charge in [-0.15, -0.1) is 11.3 Å². The fourth-order valence-electron chi connectivity index (χ4n) is 3.40. The quantitative estimate of drug-likeness (QED) is 0.531. The number of hydrogen-bond donors (Lipinski definition) is 0. The van der Waals surface area contributed by atoms with E-state index in [4.69, 9.17) is 16.3 Å². The molecule has 0 saturated carbocycles. The van der Waals surface area contributed by atoms with Crippen molar-refractivity contribution in [2.45, 2.75) is 13.2 Å². The Morgan fingerprint density at radius 1 is 1.03 bits per heavy atom. The van der Waals surface area contributed by atoms with Gasteiger partial charge in [-0.2, -0.15) is 0 Å². The molecule has 1 aromatic heterocycles. The SMILES string of the molecule is O=C(c1cc(COc2cccc(F)c2)cs1)N1CCN(Cc2ccc(Cl)cc2)CC1. The van der Waals surface area contributed by atoms with Crippen LogP contribution >= 0.6 is 22.9 Å². The van der Waals surface area contributed by atoms with Crippen LogP contribution in [-0.4, -0.2) is 41.9 Å². The van der Waals surface area contributed by atoms with Gasteiger partial charge in [0.25, 0.3) is 5.91 Å². The molecule has 3 aromatic rings. The lowest BCUT2D eigenvalue weighted by Gasteiger charge is -2.34. The lowest BCUT2D eigenvalue weighted by atomic mass is 10.2. The summed E-state index contributed by atoms with van der Waals surface area (Å²) >= 11 is 7.37. The molecule has 0 N–H and O–H groups in total. The summed E-state index contributed by atoms with van der Waals surface area (Å²) in [6, 6.07) is 15.8. The van der Waals surface area contributed by atoms with Crippen LogP contribution in [0.25, 0.3) is 0 Å². The molecule has 0 spiro atoms. The molecule has 1 fully saturated rings. The fourth-order valence-corrected chi connectivity index (χ4v) is 4.39. The van der Waals surface area contributed by atoms with Crippen LogP contribution < -0.4 is 4.74 Å². The maximum atomic E-state index is 13.2. The zero-order valence-electron chi connectivity index (χ0n) is 16.4. The predicted molar refractivity (Wildman–Crippen MR) is 118 cm³/mol. The first-order valence-electron chi connectivity index (χ1n) is 9.79. The Bertz CT molecular complexity index is 1000. The minimum atomic E-state index is -0.330. The molecular formula is C23H22ClFN2O2S. The van der Waals surface area contributed by atoms with Crippen molar-refractivity contribution in [3.8, 4) is 5.75 Å². The van der Waals surface area contributed by atoms with Crippen molar-refractivity contribution in [1.82, 2.24) is 9.80 Å². The molecule has 0 unspecified atom stereocenters. The van der Waals surface area contributed by atoms with Gasteiger partial charge < -0.3 is 9.64 Å². The lowest BCUT2D eigenvalue weighted by Crippen LogP contribution is -2.48. The number of benzene rings is 2. The minimum absolute atomic E-state index is 0.0585. The zero-order valence-corrected chi connectivity index (χ0v) is 18.0. The number of carbonyl (C=O) groups excluding carboxylic acids is 1. The third-order valence-electron chi connectivity index (χ3n) is 5.05. The second-order valence-electron chi connectivity index (χ2n) is 7.26. The predicted octanol–water partition coefficient (Wildman–Crippen LogP) is 5.08. The molecule has 1 amide bonds. The average molecular weight is 445 g/mol. The first kappa shape index (κ1) is 20.8. The highest BCUT2D eigenvalue weighted by atomic mass is 35.5. The van der Waals surface area contributed by atoms with Crippen molar-refractivity contribution in [2.24, 2.45) is 0 Å². The molecule has 4 nitrogen and oxygen atoms in total. The number of carbonyl (C=O) groups is 1. The normalized spacial score (nSPS) is 14.7. The van der Waals surface area contributed by atoms with E-state index in [-0.39, 0.29) is 11.7 Å². The molecule has 2 heterocycles. The Morgan fingerprint density at radius 3 is 2.53 bits per heavy atom. The number of nitrogens with zero attached hydrogens (tertiary/aromatic N) is 2. The number of piperazine rings is 1. The lowest BCUT2D eigenvalue weighted by molar-refractivity contribution is 0.0633. The van der Waals surface area contributed by atoms with Crippen LogP contribution in [0.2, 0.25) is 5.02 Å². The summed E-state index contributed by atoms with van der Waals surface area (Å²) in [4.78, 5) is 17.8. The number of halogens is 2. The van der Waals surface area contributed by atoms with Crippen molar-refractivity contribution in [3.63, 3.8) is 0 Å². The maximum Gasteiger partial charge on any atom is 0.264 e. The molecule has 1 aliphatic rings. The van der Waals surface area contributed by atoms with E-state index >= 15 is 0 Å². The largest absolute Gasteiger partial charge is 0.489 e. The van der Waals surface area contributed by atoms with Crippen LogP contribution in [0.3, 0.4) is 0 Å². The molecule has 1 aliphatic heterocycles. The summed E-state index contributed by atoms with van der Waals surface area (Å²) in [6.07, 6.45) is 0. The van der Waals surface area contributed by atoms with Crippen molar-refractivity contribution < 1.29 is 13.9 Å². The Kier molecular flexibility index (Phi) is 6.67. The molecule has 7 heteroatoms. The third kappa shape index (κ3) is 5.39. The number of rotatable bonds is 6. The third-order valence-corrected chi connectivity index (χ3v) is 6.26. The Balaban J connectivity index is 1.27. The Morgan fingerprint density at radius 2 is 1.80 bits per heavy atom. The van der Waals surface area contributed by atoms with Crippen molar-refractivity contribution >= 4 is 28.8 Å². The van der Waals surface area contributed by atoms with Crippen molar-refractivity contribution in [2.75, 3.05) is 26.2 Å². The molecule has 0 atom stereocenters. The van der Waals surface area contributed by atoms with E-state index in [2.05, 4.69) is 4.90 Å². The smallest absolute Gasteiger partial charge is 0.264 e. The van der Waals surface area contributed by atoms with Gasteiger partial charge >= 0.3 is 0 Å². The van der Waals surface area contributed by atoms with Gasteiger partial charge in [-0.1, -0.05) is 29.8 Å². The first-order chi connectivity index (χ1) is 14.6. The van der Waals surface area contributed by atoms with E-state index in [9.17, 15) is 9.18 Å². The number of hydrogen-bond acceptors (Lipinski definition) is 4. The second-order valence-corrected chi connectivity index (χ2v) is 8.61. The molecule has 1 saturated heterocycles. The van der Waals surface area contributed by atoms with Gasteiger partial charge in [0.05, 0.1) is 4.88 Å². The van der Waals surface area contributed by atoms with Gasteiger partial charge in [0.2, 0.25) is 0 Å². The molecule has 2 aromatic carbocycles. The molecule has 0 aliphatic carbocycles. The monoisotopic (exact) mass is 444 g/mol. The highest BCUT2D eigenvalue weighted by Gasteiger charge is 2.23. The van der Waals surface area contributed by atoms with E-state index in [0.717, 1.165) is 30.2 Å². The van der Waals surface area contributed by atoms with Gasteiger partial charge in [-0.3, -0.25) is 9.69 Å². The standard InChI is InChI=1S/C23H22ClFN2O2S/c24-19-6-4-17(5-7-19)14-26-8-10-27(11-9-26)23(28)22-12-18(16-30-22)15-29-21-3-1-2-20(25)13-21/h1-7,12-13,16H,8-11,14-15H2. The Hall–Kier alpha value is -2.41. The average Bonchev–Trinajstić information content (AvgIpc) is 3.23. The molecule has 156 valence electrons. The summed E-state index contributed by atoms with van der Waals surface area (Å²) in [7, 11) is 0. The first-order valence-corrected chi connectivity index (χ1v) is 11.0. The second kappa shape index (κ2) is 9.60. The minimum Gasteiger partial charge on any atom is -0.489 e. The molecule has 0 radical (unpaired) electrons. The zero-order chi connectivity index (χ0) is 20.9. The Labute approximate surface area is 184 Å². The van der Waals surface area contributed by atoms with Crippen LogP contribution in [0, 0.1) is 5.82 Å². The van der Waals surface area contributed by atoms with Gasteiger partial charge in [0.1, 0.15) is 18.2 Å². The topological polar surface area (TPSA) is 32.8 Å². The molecule has 30 heavy (non-hydrogen) atoms. The summed E-state index contributed by atoms with van der Waals surface area (Å²) in [5, 5.41) is 2.66. The van der Waals surface area contributed by atoms with Crippen LogP contribution in [0.1, 0.15) is 20.8 Å². The summed E-state index contributed by atoms with van der Waals surface area (Å²) in [5.74, 6) is 0.206. The van der Waals surface area contributed by atoms with Crippen molar-refractivity contribution in [1.29, 1.82) is 0 Å². The van der Waals surface area contributed by atoms with E-state index in [1.165, 1.54) is 29.0 Å². The van der Waals surface area contributed by atoms with Crippen LogP contribution in [-0.2, 0) is 13.2 Å². The van der Waals surface area contributed by atoms with Crippen molar-refractivity contribution in [3.05, 3.63) is 86.8 Å². The fraction of sp³-hybridized carbons (Fsp3) is 0.261. The van der Waals surface area contributed by atoms with E-state index in [0.29, 0.717) is 30.3 Å². The maximum absolute atomic E-state index is 13.2. The highest BCUT2D eigenvalue weighted by Crippen LogP contribution is 2.21. The number of thiophene rings is 1. The molecular weight excluding hydrogens is 423 g/mol. The van der Waals surface area contributed by atoms with Gasteiger partial charge in [-0.05, 0) is 41.3 Å². The van der Waals surface area contributed by atoms with Crippen LogP contribution in [0.15, 0.2) is 60.0 Å². The van der Waals surface area contributed by atoms with E-state index < -0.39 is 0 Å². The van der Waals surface area contributed by atoms with Gasteiger partial charge in [-0.25, -0.2) is 4.39 Å². The molecule has 4 rings (SSSR count). The van der Waals surface area contributed by atoms with Crippen LogP contribution in [0.5, 0.6) is 5.75 Å². The highest BCUT2D eigenvalue weighted by molar-refractivity contribution is 7.12. The number of amides is 1. The van der Waals surface area contributed by atoms with Gasteiger partial charge in [0.15, 0.2) is 0 Å². The summed E-state index contributed by atoms with van der Waals surface area (Å²) in [6.45, 7) is 4.27. The summed E-state index contributed by atoms with van der Waals surface area (Å²) < 4.78 is 18.9. The van der Waals surface area contributed by atoms with Crippen LogP contribution in [0.4, 0.5) is 4.39 Å². The van der Waals surface area contributed by atoms with E-state index in [1.54, 1.807) is 12.1 Å². The van der Waals surface area contributed by atoms with Gasteiger partial charge in [0, 0.05) is 49.4 Å². The molecule has 0 bridgehead atoms. The van der Waals surface area contributed by atoms with E-state index in [1.807, 2.05) is 40.6 Å². The number of ether oxygens (including phenoxy) is 1. The summed E-state index contributed by atoms with van der Waals surface area (Å²) in [5.41, 5.74) is 2.13.